The predicted molar refractivity (Wildman–Crippen MR) is 49.7 cm³/mol. The van der Waals surface area contributed by atoms with E-state index in [1.54, 1.807) is 0 Å². The Kier molecular flexibility index (Phi) is 6.96. The van der Waals surface area contributed by atoms with Crippen LogP contribution in [0.5, 0.6) is 0 Å². The minimum atomic E-state index is -0.416. The van der Waals surface area contributed by atoms with Gasteiger partial charge in [-0.2, -0.15) is 10.5 Å². The Morgan fingerprint density at radius 3 is 1.62 bits per heavy atom. The molecule has 0 N–H and O–H groups in total. The number of nitrogens with zero attached hydrogens (tertiary/aromatic N) is 2. The molecule has 2 unspecified atom stereocenters. The van der Waals surface area contributed by atoms with Crippen molar-refractivity contribution in [1.29, 1.82) is 10.5 Å². The summed E-state index contributed by atoms with van der Waals surface area (Å²) >= 11 is 0. The Balaban J connectivity index is 3.91. The number of rotatable bonds is 6. The summed E-state index contributed by atoms with van der Waals surface area (Å²) in [6.45, 7) is 3.99. The van der Waals surface area contributed by atoms with Crippen LogP contribution < -0.4 is 0 Å². The van der Waals surface area contributed by atoms with E-state index in [2.05, 4.69) is 12.1 Å². The van der Waals surface area contributed by atoms with E-state index in [-0.39, 0.29) is 0 Å². The first-order valence-corrected chi connectivity index (χ1v) is 4.73. The average Bonchev–Trinajstić information content (AvgIpc) is 2.16. The highest BCUT2D eigenvalue weighted by atomic mass is 16.5. The van der Waals surface area contributed by atoms with Crippen molar-refractivity contribution in [2.24, 2.45) is 0 Å². The van der Waals surface area contributed by atoms with E-state index in [0.29, 0.717) is 12.8 Å². The highest BCUT2D eigenvalue weighted by Gasteiger charge is 2.13. The molecule has 0 heterocycles. The van der Waals surface area contributed by atoms with Crippen molar-refractivity contribution in [3.63, 3.8) is 0 Å². The zero-order valence-electron chi connectivity index (χ0n) is 8.29. The van der Waals surface area contributed by atoms with Crippen molar-refractivity contribution in [3.05, 3.63) is 0 Å². The SMILES string of the molecule is CCCC(C#N)OC(C#N)CCC. The largest absolute Gasteiger partial charge is 0.345 e. The van der Waals surface area contributed by atoms with Gasteiger partial charge in [-0.25, -0.2) is 0 Å². The van der Waals surface area contributed by atoms with E-state index in [9.17, 15) is 0 Å². The molecule has 0 saturated heterocycles. The van der Waals surface area contributed by atoms with Crippen molar-refractivity contribution in [3.8, 4) is 12.1 Å². The molecule has 2 atom stereocenters. The van der Waals surface area contributed by atoms with E-state index in [0.717, 1.165) is 12.8 Å². The average molecular weight is 180 g/mol. The summed E-state index contributed by atoms with van der Waals surface area (Å²) in [5.74, 6) is 0. The third-order valence-electron chi connectivity index (χ3n) is 1.72. The van der Waals surface area contributed by atoms with E-state index >= 15 is 0 Å². The summed E-state index contributed by atoms with van der Waals surface area (Å²) < 4.78 is 5.31. The van der Waals surface area contributed by atoms with Gasteiger partial charge in [-0.3, -0.25) is 0 Å². The fourth-order valence-electron chi connectivity index (χ4n) is 1.05. The minimum Gasteiger partial charge on any atom is -0.345 e. The highest BCUT2D eigenvalue weighted by Crippen LogP contribution is 2.08. The van der Waals surface area contributed by atoms with Crippen LogP contribution in [0.3, 0.4) is 0 Å². The number of ether oxygens (including phenoxy) is 1. The third kappa shape index (κ3) is 5.22. The molecule has 0 rings (SSSR count). The maximum absolute atomic E-state index is 8.69. The van der Waals surface area contributed by atoms with Crippen LogP contribution in [0.4, 0.5) is 0 Å². The van der Waals surface area contributed by atoms with Gasteiger partial charge in [0.15, 0.2) is 0 Å². The number of hydrogen-bond donors (Lipinski definition) is 0. The Bertz CT molecular complexity index is 180. The summed E-state index contributed by atoms with van der Waals surface area (Å²) in [6, 6.07) is 4.11. The Morgan fingerprint density at radius 1 is 1.00 bits per heavy atom. The van der Waals surface area contributed by atoms with Crippen molar-refractivity contribution < 1.29 is 4.74 Å². The monoisotopic (exact) mass is 180 g/mol. The second-order valence-corrected chi connectivity index (χ2v) is 2.95. The Labute approximate surface area is 79.9 Å². The second kappa shape index (κ2) is 7.58. The van der Waals surface area contributed by atoms with Gasteiger partial charge in [-0.1, -0.05) is 26.7 Å². The first-order valence-electron chi connectivity index (χ1n) is 4.73. The zero-order chi connectivity index (χ0) is 10.1. The summed E-state index contributed by atoms with van der Waals surface area (Å²) in [4.78, 5) is 0. The second-order valence-electron chi connectivity index (χ2n) is 2.95. The molecule has 0 bridgehead atoms. The van der Waals surface area contributed by atoms with Gasteiger partial charge in [0.2, 0.25) is 0 Å². The minimum absolute atomic E-state index is 0.416. The lowest BCUT2D eigenvalue weighted by Crippen LogP contribution is -2.19. The molecule has 13 heavy (non-hydrogen) atoms. The van der Waals surface area contributed by atoms with Gasteiger partial charge in [0.05, 0.1) is 12.1 Å². The standard InChI is InChI=1S/C10H16N2O/c1-3-5-9(7-11)13-10(8-12)6-4-2/h9-10H,3-6H2,1-2H3. The molecule has 0 aliphatic heterocycles. The first-order chi connectivity index (χ1) is 6.28. The van der Waals surface area contributed by atoms with Crippen LogP contribution in [0.25, 0.3) is 0 Å². The summed E-state index contributed by atoms with van der Waals surface area (Å²) in [7, 11) is 0. The fourth-order valence-corrected chi connectivity index (χ4v) is 1.05. The molecule has 0 radical (unpaired) electrons. The lowest BCUT2D eigenvalue weighted by Gasteiger charge is -2.13. The fraction of sp³-hybridized carbons (Fsp3) is 0.800. The van der Waals surface area contributed by atoms with Crippen LogP contribution >= 0.6 is 0 Å². The van der Waals surface area contributed by atoms with Gasteiger partial charge >= 0.3 is 0 Å². The molecular weight excluding hydrogens is 164 g/mol. The normalized spacial score (nSPS) is 14.2. The van der Waals surface area contributed by atoms with E-state index in [4.69, 9.17) is 15.3 Å². The van der Waals surface area contributed by atoms with Crippen molar-refractivity contribution in [2.45, 2.75) is 51.7 Å². The lowest BCUT2D eigenvalue weighted by atomic mass is 10.2. The molecule has 0 aromatic heterocycles. The third-order valence-corrected chi connectivity index (χ3v) is 1.72. The summed E-state index contributed by atoms with van der Waals surface area (Å²) in [6.07, 6.45) is 2.39. The molecular formula is C10H16N2O. The van der Waals surface area contributed by atoms with Crippen LogP contribution in [0.1, 0.15) is 39.5 Å². The quantitative estimate of drug-likeness (QED) is 0.630. The smallest absolute Gasteiger partial charge is 0.145 e. The van der Waals surface area contributed by atoms with Crippen LogP contribution in [-0.4, -0.2) is 12.2 Å². The van der Waals surface area contributed by atoms with Crippen molar-refractivity contribution >= 4 is 0 Å². The van der Waals surface area contributed by atoms with Crippen molar-refractivity contribution in [2.75, 3.05) is 0 Å². The molecule has 3 heteroatoms. The summed E-state index contributed by atoms with van der Waals surface area (Å²) in [5.41, 5.74) is 0. The molecule has 0 aromatic carbocycles. The topological polar surface area (TPSA) is 56.8 Å². The van der Waals surface area contributed by atoms with Gasteiger partial charge in [-0.05, 0) is 12.8 Å². The maximum atomic E-state index is 8.69. The number of hydrogen-bond acceptors (Lipinski definition) is 3. The predicted octanol–water partition coefficient (Wildman–Crippen LogP) is 2.39. The highest BCUT2D eigenvalue weighted by molar-refractivity contribution is 4.90. The molecule has 0 aromatic rings. The van der Waals surface area contributed by atoms with Crippen LogP contribution in [0.15, 0.2) is 0 Å². The van der Waals surface area contributed by atoms with Crippen LogP contribution in [0, 0.1) is 22.7 Å². The van der Waals surface area contributed by atoms with E-state index in [1.165, 1.54) is 0 Å². The van der Waals surface area contributed by atoms with Gasteiger partial charge < -0.3 is 4.74 Å². The molecule has 72 valence electrons. The molecule has 0 amide bonds. The van der Waals surface area contributed by atoms with Crippen molar-refractivity contribution in [1.82, 2.24) is 0 Å². The molecule has 3 nitrogen and oxygen atoms in total. The van der Waals surface area contributed by atoms with Crippen LogP contribution in [0.2, 0.25) is 0 Å². The molecule has 0 spiro atoms. The molecule has 0 aliphatic rings. The Hall–Kier alpha value is -1.06. The maximum Gasteiger partial charge on any atom is 0.145 e. The first kappa shape index (κ1) is 11.9. The number of nitriles is 2. The zero-order valence-corrected chi connectivity index (χ0v) is 8.29. The molecule has 0 aliphatic carbocycles. The molecule has 0 fully saturated rings. The van der Waals surface area contributed by atoms with Crippen LogP contribution in [-0.2, 0) is 4.74 Å². The van der Waals surface area contributed by atoms with Gasteiger partial charge in [0.1, 0.15) is 12.2 Å². The molecule has 0 saturated carbocycles. The van der Waals surface area contributed by atoms with Gasteiger partial charge in [0, 0.05) is 0 Å². The van der Waals surface area contributed by atoms with Gasteiger partial charge in [-0.15, -0.1) is 0 Å². The van der Waals surface area contributed by atoms with Gasteiger partial charge in [0.25, 0.3) is 0 Å². The van der Waals surface area contributed by atoms with E-state index in [1.807, 2.05) is 13.8 Å². The summed E-state index contributed by atoms with van der Waals surface area (Å²) in [5, 5.41) is 17.4. The Morgan fingerprint density at radius 2 is 1.38 bits per heavy atom. The van der Waals surface area contributed by atoms with E-state index < -0.39 is 12.2 Å². The lowest BCUT2D eigenvalue weighted by molar-refractivity contribution is 0.0401.